The Labute approximate surface area is 172 Å². The maximum atomic E-state index is 12.5. The molecule has 4 aromatic rings. The van der Waals surface area contributed by atoms with Crippen LogP contribution >= 0.6 is 11.3 Å². The molecule has 0 radical (unpaired) electrons. The molecule has 0 aliphatic heterocycles. The van der Waals surface area contributed by atoms with Gasteiger partial charge in [-0.3, -0.25) is 4.79 Å². The van der Waals surface area contributed by atoms with Crippen molar-refractivity contribution in [1.29, 1.82) is 0 Å². The topological polar surface area (TPSA) is 67.0 Å². The van der Waals surface area contributed by atoms with Crippen LogP contribution < -0.4 is 15.6 Å². The zero-order valence-corrected chi connectivity index (χ0v) is 16.9. The van der Waals surface area contributed by atoms with Crippen LogP contribution in [0.1, 0.15) is 28.2 Å². The number of aryl methyl sites for hydroxylation is 3. The van der Waals surface area contributed by atoms with E-state index in [2.05, 4.69) is 22.2 Å². The average molecular weight is 404 g/mol. The van der Waals surface area contributed by atoms with Gasteiger partial charge in [-0.2, -0.15) is 0 Å². The summed E-state index contributed by atoms with van der Waals surface area (Å²) in [7, 11) is 0. The third-order valence-corrected chi connectivity index (χ3v) is 6.38. The van der Waals surface area contributed by atoms with Gasteiger partial charge < -0.3 is 15.0 Å². The van der Waals surface area contributed by atoms with E-state index in [4.69, 9.17) is 4.74 Å². The fourth-order valence-electron chi connectivity index (χ4n) is 3.70. The van der Waals surface area contributed by atoms with E-state index < -0.39 is 0 Å². The molecule has 29 heavy (non-hydrogen) atoms. The van der Waals surface area contributed by atoms with Crippen molar-refractivity contribution < 1.29 is 4.74 Å². The summed E-state index contributed by atoms with van der Waals surface area (Å²) in [6, 6.07) is 15.7. The molecule has 0 fully saturated rings. The van der Waals surface area contributed by atoms with Gasteiger partial charge in [0.15, 0.2) is 0 Å². The number of ether oxygens (including phenoxy) is 1. The van der Waals surface area contributed by atoms with Crippen molar-refractivity contribution in [2.45, 2.75) is 32.7 Å². The van der Waals surface area contributed by atoms with Crippen LogP contribution in [0.15, 0.2) is 53.3 Å². The first kappa shape index (κ1) is 17.9. The summed E-state index contributed by atoms with van der Waals surface area (Å²) in [4.78, 5) is 22.3. The number of hydrogen-bond acceptors (Lipinski definition) is 5. The van der Waals surface area contributed by atoms with E-state index in [1.807, 2.05) is 48.5 Å². The van der Waals surface area contributed by atoms with Gasteiger partial charge in [-0.05, 0) is 68.1 Å². The van der Waals surface area contributed by atoms with Gasteiger partial charge in [0.05, 0.1) is 11.9 Å². The number of nitrogens with one attached hydrogen (secondary N) is 2. The summed E-state index contributed by atoms with van der Waals surface area (Å²) >= 11 is 1.66. The molecule has 0 unspecified atom stereocenters. The Bertz CT molecular complexity index is 1220. The Hall–Kier alpha value is -3.12. The fourth-order valence-corrected chi connectivity index (χ4v) is 4.98. The summed E-state index contributed by atoms with van der Waals surface area (Å²) in [5.41, 5.74) is 3.34. The molecule has 0 saturated carbocycles. The third kappa shape index (κ3) is 3.63. The first-order chi connectivity index (χ1) is 14.2. The number of benzene rings is 2. The molecule has 2 aromatic carbocycles. The van der Waals surface area contributed by atoms with Crippen molar-refractivity contribution in [2.75, 3.05) is 5.32 Å². The number of nitrogens with zero attached hydrogens (tertiary/aromatic N) is 1. The molecule has 0 amide bonds. The van der Waals surface area contributed by atoms with Crippen LogP contribution in [0.4, 0.5) is 5.69 Å². The second-order valence-corrected chi connectivity index (χ2v) is 8.43. The second kappa shape index (κ2) is 7.37. The number of aromatic nitrogens is 2. The van der Waals surface area contributed by atoms with E-state index in [1.54, 1.807) is 11.3 Å². The van der Waals surface area contributed by atoms with Crippen LogP contribution in [0.3, 0.4) is 0 Å². The molecule has 1 aliphatic rings. The number of H-pyrrole nitrogens is 1. The number of anilines is 1. The highest BCUT2D eigenvalue weighted by Crippen LogP contribution is 2.34. The SMILES string of the molecule is Cc1ccc(Oc2ccc(NCc3nc4sc5c(c4c(=O)[nH]3)CCC5)cc2)cc1. The van der Waals surface area contributed by atoms with Gasteiger partial charge in [-0.25, -0.2) is 4.98 Å². The van der Waals surface area contributed by atoms with Crippen LogP contribution in [0, 0.1) is 6.92 Å². The zero-order chi connectivity index (χ0) is 19.8. The summed E-state index contributed by atoms with van der Waals surface area (Å²) in [6.45, 7) is 2.52. The summed E-state index contributed by atoms with van der Waals surface area (Å²) < 4.78 is 5.86. The first-order valence-electron chi connectivity index (χ1n) is 9.77. The van der Waals surface area contributed by atoms with Gasteiger partial charge >= 0.3 is 0 Å². The van der Waals surface area contributed by atoms with Crippen LogP contribution in [-0.2, 0) is 19.4 Å². The van der Waals surface area contributed by atoms with E-state index in [1.165, 1.54) is 16.0 Å². The maximum absolute atomic E-state index is 12.5. The highest BCUT2D eigenvalue weighted by Gasteiger charge is 2.20. The summed E-state index contributed by atoms with van der Waals surface area (Å²) in [5, 5.41) is 4.11. The van der Waals surface area contributed by atoms with Gasteiger partial charge in [-0.15, -0.1) is 11.3 Å². The molecule has 2 aromatic heterocycles. The highest BCUT2D eigenvalue weighted by molar-refractivity contribution is 7.18. The molecular formula is C23H21N3O2S. The summed E-state index contributed by atoms with van der Waals surface area (Å²) in [6.07, 6.45) is 3.21. The molecule has 0 bridgehead atoms. The fraction of sp³-hybridized carbons (Fsp3) is 0.217. The first-order valence-corrected chi connectivity index (χ1v) is 10.6. The molecule has 6 heteroatoms. The van der Waals surface area contributed by atoms with Gasteiger partial charge in [0.2, 0.25) is 0 Å². The predicted molar refractivity (Wildman–Crippen MR) is 117 cm³/mol. The van der Waals surface area contributed by atoms with Crippen molar-refractivity contribution in [2.24, 2.45) is 0 Å². The monoisotopic (exact) mass is 403 g/mol. The van der Waals surface area contributed by atoms with Gasteiger partial charge in [0.25, 0.3) is 5.56 Å². The Morgan fingerprint density at radius 3 is 2.55 bits per heavy atom. The van der Waals surface area contributed by atoms with Crippen LogP contribution in [-0.4, -0.2) is 9.97 Å². The van der Waals surface area contributed by atoms with E-state index in [0.29, 0.717) is 12.4 Å². The molecule has 0 spiro atoms. The van der Waals surface area contributed by atoms with Crippen molar-refractivity contribution in [1.82, 2.24) is 9.97 Å². The third-order valence-electron chi connectivity index (χ3n) is 5.20. The van der Waals surface area contributed by atoms with Crippen LogP contribution in [0.25, 0.3) is 10.2 Å². The van der Waals surface area contributed by atoms with Crippen molar-refractivity contribution in [3.63, 3.8) is 0 Å². The largest absolute Gasteiger partial charge is 0.457 e. The summed E-state index contributed by atoms with van der Waals surface area (Å²) in [5.74, 6) is 2.25. The number of thiophene rings is 1. The van der Waals surface area contributed by atoms with E-state index in [9.17, 15) is 4.79 Å². The lowest BCUT2D eigenvalue weighted by atomic mass is 10.2. The predicted octanol–water partition coefficient (Wildman–Crippen LogP) is 5.19. The van der Waals surface area contributed by atoms with Crippen molar-refractivity contribution in [3.05, 3.63) is 80.7 Å². The Morgan fingerprint density at radius 2 is 1.79 bits per heavy atom. The number of aromatic amines is 1. The lowest BCUT2D eigenvalue weighted by Gasteiger charge is -2.09. The van der Waals surface area contributed by atoms with Crippen molar-refractivity contribution in [3.8, 4) is 11.5 Å². The molecule has 2 N–H and O–H groups in total. The number of rotatable bonds is 5. The zero-order valence-electron chi connectivity index (χ0n) is 16.1. The molecular weight excluding hydrogens is 382 g/mol. The van der Waals surface area contributed by atoms with Gasteiger partial charge in [0, 0.05) is 10.6 Å². The maximum Gasteiger partial charge on any atom is 0.259 e. The average Bonchev–Trinajstić information content (AvgIpc) is 3.30. The Morgan fingerprint density at radius 1 is 1.07 bits per heavy atom. The standard InChI is InChI=1S/C23H21N3O2S/c1-14-5-9-16(10-6-14)28-17-11-7-15(8-12-17)24-13-20-25-22(27)21-18-3-2-4-19(18)29-23(21)26-20/h5-12,24H,2-4,13H2,1H3,(H,25,26,27). The second-order valence-electron chi connectivity index (χ2n) is 7.34. The molecule has 0 saturated heterocycles. The van der Waals surface area contributed by atoms with E-state index >= 15 is 0 Å². The van der Waals surface area contributed by atoms with E-state index in [0.717, 1.165) is 46.7 Å². The van der Waals surface area contributed by atoms with Gasteiger partial charge in [0.1, 0.15) is 22.2 Å². The van der Waals surface area contributed by atoms with Crippen LogP contribution in [0.2, 0.25) is 0 Å². The normalized spacial score (nSPS) is 12.9. The molecule has 2 heterocycles. The highest BCUT2D eigenvalue weighted by atomic mass is 32.1. The Balaban J connectivity index is 1.27. The minimum Gasteiger partial charge on any atom is -0.457 e. The van der Waals surface area contributed by atoms with E-state index in [-0.39, 0.29) is 5.56 Å². The molecule has 146 valence electrons. The van der Waals surface area contributed by atoms with Crippen molar-refractivity contribution >= 4 is 27.2 Å². The van der Waals surface area contributed by atoms with Crippen LogP contribution in [0.5, 0.6) is 11.5 Å². The molecule has 0 atom stereocenters. The lowest BCUT2D eigenvalue weighted by molar-refractivity contribution is 0.482. The Kier molecular flexibility index (Phi) is 4.56. The molecule has 1 aliphatic carbocycles. The number of fused-ring (bicyclic) bond motifs is 3. The minimum absolute atomic E-state index is 0.0203. The smallest absolute Gasteiger partial charge is 0.259 e. The quantitative estimate of drug-likeness (QED) is 0.481. The minimum atomic E-state index is -0.0203. The molecule has 5 rings (SSSR count). The van der Waals surface area contributed by atoms with Gasteiger partial charge in [-0.1, -0.05) is 17.7 Å². The number of hydrogen-bond donors (Lipinski definition) is 2. The molecule has 5 nitrogen and oxygen atoms in total. The lowest BCUT2D eigenvalue weighted by Crippen LogP contribution is -2.14.